The third-order valence-corrected chi connectivity index (χ3v) is 4.61. The number of carboxylic acids is 1. The summed E-state index contributed by atoms with van der Waals surface area (Å²) >= 11 is 0. The fourth-order valence-electron chi connectivity index (χ4n) is 3.42. The number of aliphatic carboxylic acids is 1. The fourth-order valence-corrected chi connectivity index (χ4v) is 3.42. The maximum absolute atomic E-state index is 13.1. The monoisotopic (exact) mass is 401 g/mol. The molecule has 0 aliphatic carbocycles. The summed E-state index contributed by atoms with van der Waals surface area (Å²) in [6.07, 6.45) is -0.137. The van der Waals surface area contributed by atoms with Gasteiger partial charge >= 0.3 is 12.1 Å². The Labute approximate surface area is 168 Å². The highest BCUT2D eigenvalue weighted by atomic mass is 19.1. The van der Waals surface area contributed by atoms with Crippen molar-refractivity contribution in [3.05, 3.63) is 59.9 Å². The third kappa shape index (κ3) is 5.04. The fraction of sp³-hybridized carbons (Fsp3) is 0.364. The first kappa shape index (κ1) is 20.6. The summed E-state index contributed by atoms with van der Waals surface area (Å²) in [7, 11) is 0. The zero-order valence-corrected chi connectivity index (χ0v) is 16.6. The Morgan fingerprint density at radius 3 is 2.41 bits per heavy atom. The molecule has 2 aromatic rings. The van der Waals surface area contributed by atoms with Crippen LogP contribution in [-0.2, 0) is 9.53 Å². The van der Waals surface area contributed by atoms with E-state index in [2.05, 4.69) is 0 Å². The van der Waals surface area contributed by atoms with Gasteiger partial charge in [-0.1, -0.05) is 12.1 Å². The van der Waals surface area contributed by atoms with Crippen LogP contribution in [0.15, 0.2) is 48.5 Å². The summed E-state index contributed by atoms with van der Waals surface area (Å²) < 4.78 is 24.2. The van der Waals surface area contributed by atoms with Gasteiger partial charge in [-0.2, -0.15) is 0 Å². The van der Waals surface area contributed by atoms with Gasteiger partial charge in [-0.25, -0.2) is 14.0 Å². The number of carboxylic acid groups (broad SMARTS) is 1. The van der Waals surface area contributed by atoms with Crippen LogP contribution in [0.4, 0.5) is 9.18 Å². The lowest BCUT2D eigenvalue weighted by molar-refractivity contribution is -0.142. The van der Waals surface area contributed by atoms with Gasteiger partial charge in [0.05, 0.1) is 0 Å². The van der Waals surface area contributed by atoms with Crippen LogP contribution >= 0.6 is 0 Å². The Morgan fingerprint density at radius 1 is 1.10 bits per heavy atom. The minimum absolute atomic E-state index is 0.291. The first-order chi connectivity index (χ1) is 13.6. The number of hydrogen-bond acceptors (Lipinski definition) is 4. The average molecular weight is 401 g/mol. The molecule has 1 N–H and O–H groups in total. The van der Waals surface area contributed by atoms with Crippen molar-refractivity contribution in [3.63, 3.8) is 0 Å². The van der Waals surface area contributed by atoms with Crippen LogP contribution in [0.5, 0.6) is 11.5 Å². The van der Waals surface area contributed by atoms with E-state index in [1.165, 1.54) is 29.2 Å². The molecule has 1 aliphatic heterocycles. The maximum atomic E-state index is 13.1. The van der Waals surface area contributed by atoms with Crippen LogP contribution in [0.3, 0.4) is 0 Å². The lowest BCUT2D eigenvalue weighted by Gasteiger charge is -2.28. The van der Waals surface area contributed by atoms with Gasteiger partial charge in [0, 0.05) is 12.5 Å². The highest BCUT2D eigenvalue weighted by Crippen LogP contribution is 2.36. The Hall–Kier alpha value is -3.09. The highest BCUT2D eigenvalue weighted by molar-refractivity contribution is 5.82. The minimum atomic E-state index is -1.08. The normalized spacial score (nSPS) is 19.1. The molecule has 0 radical (unpaired) electrons. The number of ether oxygens (including phenoxy) is 2. The number of nitrogens with zero attached hydrogens (tertiary/aromatic N) is 1. The summed E-state index contributed by atoms with van der Waals surface area (Å²) in [6, 6.07) is 11.7. The van der Waals surface area contributed by atoms with Crippen LogP contribution < -0.4 is 4.74 Å². The SMILES string of the molecule is CC(C)(C)OC(=O)N1CC[C@@H](c2cccc(Oc3ccc(F)cc3)c2)[C@H]1C(=O)O. The predicted octanol–water partition coefficient (Wildman–Crippen LogP) is 4.80. The van der Waals surface area contributed by atoms with E-state index >= 15 is 0 Å². The van der Waals surface area contributed by atoms with E-state index in [1.54, 1.807) is 39.0 Å². The van der Waals surface area contributed by atoms with Crippen molar-refractivity contribution in [2.45, 2.75) is 44.8 Å². The van der Waals surface area contributed by atoms with E-state index in [0.29, 0.717) is 24.5 Å². The van der Waals surface area contributed by atoms with Gasteiger partial charge in [0.2, 0.25) is 0 Å². The number of benzene rings is 2. The van der Waals surface area contributed by atoms with Crippen molar-refractivity contribution in [2.75, 3.05) is 6.54 Å². The number of halogens is 1. The molecule has 6 nitrogen and oxygen atoms in total. The molecule has 7 heteroatoms. The number of amides is 1. The molecule has 1 heterocycles. The second-order valence-electron chi connectivity index (χ2n) is 7.98. The van der Waals surface area contributed by atoms with Gasteiger partial charge in [0.15, 0.2) is 0 Å². The molecule has 1 amide bonds. The highest BCUT2D eigenvalue weighted by Gasteiger charge is 2.44. The largest absolute Gasteiger partial charge is 0.480 e. The van der Waals surface area contributed by atoms with E-state index in [4.69, 9.17) is 9.47 Å². The second kappa shape index (κ2) is 8.11. The van der Waals surface area contributed by atoms with Crippen LogP contribution in [0.1, 0.15) is 38.7 Å². The average Bonchev–Trinajstić information content (AvgIpc) is 3.08. The zero-order valence-electron chi connectivity index (χ0n) is 16.6. The van der Waals surface area contributed by atoms with Gasteiger partial charge in [0.1, 0.15) is 29.0 Å². The molecule has 29 heavy (non-hydrogen) atoms. The molecule has 3 rings (SSSR count). The molecule has 0 aromatic heterocycles. The van der Waals surface area contributed by atoms with Gasteiger partial charge in [-0.3, -0.25) is 4.90 Å². The van der Waals surface area contributed by atoms with Crippen molar-refractivity contribution in [1.29, 1.82) is 0 Å². The number of hydrogen-bond donors (Lipinski definition) is 1. The third-order valence-electron chi connectivity index (χ3n) is 4.61. The number of carbonyl (C=O) groups is 2. The van der Waals surface area contributed by atoms with Crippen LogP contribution in [0, 0.1) is 5.82 Å². The molecule has 1 aliphatic rings. The quantitative estimate of drug-likeness (QED) is 0.797. The Morgan fingerprint density at radius 2 is 1.79 bits per heavy atom. The van der Waals surface area contributed by atoms with Crippen molar-refractivity contribution < 1.29 is 28.6 Å². The predicted molar refractivity (Wildman–Crippen MR) is 105 cm³/mol. The summed E-state index contributed by atoms with van der Waals surface area (Å²) in [5, 5.41) is 9.78. The number of carbonyl (C=O) groups excluding carboxylic acids is 1. The molecule has 2 atom stereocenters. The van der Waals surface area contributed by atoms with Crippen LogP contribution in [0.25, 0.3) is 0 Å². The van der Waals surface area contributed by atoms with Gasteiger partial charge < -0.3 is 14.6 Å². The number of rotatable bonds is 4. The maximum Gasteiger partial charge on any atom is 0.411 e. The number of likely N-dealkylation sites (tertiary alicyclic amines) is 1. The summed E-state index contributed by atoms with van der Waals surface area (Å²) in [6.45, 7) is 5.51. The molecule has 1 saturated heterocycles. The van der Waals surface area contributed by atoms with Crippen LogP contribution in [-0.4, -0.2) is 40.3 Å². The summed E-state index contributed by atoms with van der Waals surface area (Å²) in [4.78, 5) is 25.7. The molecular weight excluding hydrogens is 377 g/mol. The van der Waals surface area contributed by atoms with Crippen molar-refractivity contribution in [2.24, 2.45) is 0 Å². The first-order valence-corrected chi connectivity index (χ1v) is 9.40. The molecule has 154 valence electrons. The molecule has 0 bridgehead atoms. The Balaban J connectivity index is 1.81. The zero-order chi connectivity index (χ0) is 21.2. The minimum Gasteiger partial charge on any atom is -0.480 e. The molecule has 2 aromatic carbocycles. The van der Waals surface area contributed by atoms with Crippen LogP contribution in [0.2, 0.25) is 0 Å². The smallest absolute Gasteiger partial charge is 0.411 e. The van der Waals surface area contributed by atoms with E-state index < -0.39 is 29.6 Å². The lowest BCUT2D eigenvalue weighted by Crippen LogP contribution is -2.45. The molecule has 0 spiro atoms. The Bertz CT molecular complexity index is 891. The summed E-state index contributed by atoms with van der Waals surface area (Å²) in [5.41, 5.74) is 0.0456. The van der Waals surface area contributed by atoms with Gasteiger partial charge in [-0.15, -0.1) is 0 Å². The van der Waals surface area contributed by atoms with E-state index in [1.807, 2.05) is 6.07 Å². The van der Waals surface area contributed by atoms with Crippen molar-refractivity contribution in [1.82, 2.24) is 4.90 Å². The molecule has 1 fully saturated rings. The lowest BCUT2D eigenvalue weighted by atomic mass is 9.91. The van der Waals surface area contributed by atoms with E-state index in [0.717, 1.165) is 5.56 Å². The summed E-state index contributed by atoms with van der Waals surface area (Å²) in [5.74, 6) is -0.849. The van der Waals surface area contributed by atoms with Crippen molar-refractivity contribution >= 4 is 12.1 Å². The second-order valence-corrected chi connectivity index (χ2v) is 7.98. The van der Waals surface area contributed by atoms with Crippen molar-refractivity contribution in [3.8, 4) is 11.5 Å². The van der Waals surface area contributed by atoms with E-state index in [9.17, 15) is 19.1 Å². The van der Waals surface area contributed by atoms with Gasteiger partial charge in [0.25, 0.3) is 0 Å². The topological polar surface area (TPSA) is 76.1 Å². The molecule has 0 saturated carbocycles. The first-order valence-electron chi connectivity index (χ1n) is 9.40. The van der Waals surface area contributed by atoms with E-state index in [-0.39, 0.29) is 5.82 Å². The Kier molecular flexibility index (Phi) is 5.77. The molecular formula is C22H24FNO5. The standard InChI is InChI=1S/C22H24FNO5/c1-22(2,3)29-21(27)24-12-11-18(19(24)20(25)26)14-5-4-6-17(13-14)28-16-9-7-15(23)8-10-16/h4-10,13,18-19H,11-12H2,1-3H3,(H,25,26)/t18-,19-/m0/s1. The molecule has 0 unspecified atom stereocenters. The van der Waals surface area contributed by atoms with Gasteiger partial charge in [-0.05, 0) is 69.2 Å².